The highest BCUT2D eigenvalue weighted by Gasteiger charge is 2.20. The molecule has 0 aliphatic carbocycles. The molecule has 0 bridgehead atoms. The van der Waals surface area contributed by atoms with Crippen LogP contribution in [-0.2, 0) is 4.74 Å². The van der Waals surface area contributed by atoms with Gasteiger partial charge in [0.05, 0.1) is 4.47 Å². The molecule has 0 N–H and O–H groups in total. The maximum Gasteiger partial charge on any atom is 0.150 e. The maximum absolute atomic E-state index is 13.8. The van der Waals surface area contributed by atoms with E-state index in [9.17, 15) is 8.78 Å². The summed E-state index contributed by atoms with van der Waals surface area (Å²) >= 11 is 3.35. The molecule has 0 saturated carbocycles. The minimum atomic E-state index is -0.498. The Morgan fingerprint density at radius 2 is 2.15 bits per heavy atom. The summed E-state index contributed by atoms with van der Waals surface area (Å²) in [5.74, 6) is -0.987. The lowest BCUT2D eigenvalue weighted by Gasteiger charge is -2.22. The van der Waals surface area contributed by atoms with Gasteiger partial charge in [-0.15, -0.1) is 0 Å². The Morgan fingerprint density at radius 3 is 2.90 bits per heavy atom. The first-order valence-electron chi connectivity index (χ1n) is 6.47. The first-order chi connectivity index (χ1) is 9.65. The lowest BCUT2D eigenvalue weighted by molar-refractivity contribution is -0.0394. The summed E-state index contributed by atoms with van der Waals surface area (Å²) in [5, 5.41) is 4.34. The number of halogens is 3. The van der Waals surface area contributed by atoms with Crippen molar-refractivity contribution in [3.05, 3.63) is 40.5 Å². The summed E-state index contributed by atoms with van der Waals surface area (Å²) < 4.78 is 35.0. The van der Waals surface area contributed by atoms with Crippen molar-refractivity contribution in [1.29, 1.82) is 0 Å². The van der Waals surface area contributed by atoms with Crippen molar-refractivity contribution >= 4 is 15.9 Å². The van der Waals surface area contributed by atoms with Crippen LogP contribution >= 0.6 is 15.9 Å². The van der Waals surface area contributed by atoms with Crippen molar-refractivity contribution in [2.24, 2.45) is 0 Å². The standard InChI is InChI=1S/C14H13BrF2N2O/c15-11-8-19(13-3-1-2-6-20-13)18-14(11)10-7-9(16)4-5-12(10)17/h4-5,7-8,13H,1-3,6H2. The molecule has 1 aliphatic heterocycles. The van der Waals surface area contributed by atoms with Gasteiger partial charge in [0.2, 0.25) is 0 Å². The van der Waals surface area contributed by atoms with Gasteiger partial charge in [0, 0.05) is 18.4 Å². The van der Waals surface area contributed by atoms with Gasteiger partial charge >= 0.3 is 0 Å². The fourth-order valence-electron chi connectivity index (χ4n) is 2.31. The zero-order valence-corrected chi connectivity index (χ0v) is 12.2. The van der Waals surface area contributed by atoms with E-state index >= 15 is 0 Å². The van der Waals surface area contributed by atoms with Crippen LogP contribution in [0, 0.1) is 11.6 Å². The first kappa shape index (κ1) is 13.7. The molecule has 2 aromatic rings. The van der Waals surface area contributed by atoms with Crippen LogP contribution in [0.4, 0.5) is 8.78 Å². The van der Waals surface area contributed by atoms with Crippen molar-refractivity contribution in [3.8, 4) is 11.3 Å². The Labute approximate surface area is 123 Å². The van der Waals surface area contributed by atoms with Gasteiger partial charge in [0.25, 0.3) is 0 Å². The highest BCUT2D eigenvalue weighted by molar-refractivity contribution is 9.10. The number of nitrogens with zero attached hydrogens (tertiary/aromatic N) is 2. The summed E-state index contributed by atoms with van der Waals surface area (Å²) in [6.45, 7) is 0.700. The lowest BCUT2D eigenvalue weighted by atomic mass is 10.1. The van der Waals surface area contributed by atoms with Crippen molar-refractivity contribution in [2.75, 3.05) is 6.61 Å². The van der Waals surface area contributed by atoms with Crippen molar-refractivity contribution in [1.82, 2.24) is 9.78 Å². The van der Waals surface area contributed by atoms with E-state index in [0.717, 1.165) is 37.5 Å². The molecule has 1 aromatic heterocycles. The molecule has 106 valence electrons. The van der Waals surface area contributed by atoms with Gasteiger partial charge in [-0.05, 0) is 53.4 Å². The molecular weight excluding hydrogens is 330 g/mol. The van der Waals surface area contributed by atoms with E-state index < -0.39 is 11.6 Å². The maximum atomic E-state index is 13.8. The third kappa shape index (κ3) is 2.62. The molecule has 0 spiro atoms. The van der Waals surface area contributed by atoms with Crippen molar-refractivity contribution in [3.63, 3.8) is 0 Å². The smallest absolute Gasteiger partial charge is 0.150 e. The van der Waals surface area contributed by atoms with Crippen molar-refractivity contribution < 1.29 is 13.5 Å². The second-order valence-corrected chi connectivity index (χ2v) is 5.61. The van der Waals surface area contributed by atoms with Gasteiger partial charge in [0.1, 0.15) is 23.6 Å². The molecule has 20 heavy (non-hydrogen) atoms. The molecule has 6 heteroatoms. The van der Waals surface area contributed by atoms with Crippen LogP contribution in [0.5, 0.6) is 0 Å². The Morgan fingerprint density at radius 1 is 1.30 bits per heavy atom. The SMILES string of the molecule is Fc1ccc(F)c(-c2nn(C3CCCCO3)cc2Br)c1. The Bertz CT molecular complexity index is 624. The van der Waals surface area contributed by atoms with Crippen LogP contribution < -0.4 is 0 Å². The minimum absolute atomic E-state index is 0.134. The third-order valence-electron chi connectivity index (χ3n) is 3.32. The monoisotopic (exact) mass is 342 g/mol. The van der Waals surface area contributed by atoms with E-state index in [2.05, 4.69) is 21.0 Å². The molecule has 3 rings (SSSR count). The van der Waals surface area contributed by atoms with Crippen LogP contribution in [0.1, 0.15) is 25.5 Å². The number of hydrogen-bond acceptors (Lipinski definition) is 2. The topological polar surface area (TPSA) is 27.1 Å². The summed E-state index contributed by atoms with van der Waals surface area (Å²) in [7, 11) is 0. The van der Waals surface area contributed by atoms with Crippen LogP contribution in [0.25, 0.3) is 11.3 Å². The molecular formula is C14H13BrF2N2O. The summed E-state index contributed by atoms with van der Waals surface area (Å²) in [4.78, 5) is 0. The molecule has 0 amide bonds. The molecule has 0 radical (unpaired) electrons. The second kappa shape index (κ2) is 5.61. The summed E-state index contributed by atoms with van der Waals surface area (Å²) in [6.07, 6.45) is 4.61. The summed E-state index contributed by atoms with van der Waals surface area (Å²) in [5.41, 5.74) is 0.530. The minimum Gasteiger partial charge on any atom is -0.357 e. The van der Waals surface area contributed by atoms with E-state index in [1.54, 1.807) is 10.9 Å². The predicted octanol–water partition coefficient (Wildman–Crippen LogP) is 4.29. The summed E-state index contributed by atoms with van der Waals surface area (Å²) in [6, 6.07) is 3.34. The zero-order valence-electron chi connectivity index (χ0n) is 10.7. The number of benzene rings is 1. The van der Waals surface area contributed by atoms with Gasteiger partial charge < -0.3 is 4.74 Å². The Balaban J connectivity index is 1.98. The van der Waals surface area contributed by atoms with E-state index in [-0.39, 0.29) is 11.8 Å². The van der Waals surface area contributed by atoms with E-state index in [1.165, 1.54) is 0 Å². The van der Waals surface area contributed by atoms with E-state index in [0.29, 0.717) is 16.8 Å². The molecule has 1 atom stereocenters. The normalized spacial score (nSPS) is 19.2. The van der Waals surface area contributed by atoms with E-state index in [4.69, 9.17) is 4.74 Å². The lowest BCUT2D eigenvalue weighted by Crippen LogP contribution is -2.18. The average Bonchev–Trinajstić information content (AvgIpc) is 2.84. The van der Waals surface area contributed by atoms with Crippen LogP contribution in [-0.4, -0.2) is 16.4 Å². The highest BCUT2D eigenvalue weighted by atomic mass is 79.9. The van der Waals surface area contributed by atoms with Gasteiger partial charge in [-0.2, -0.15) is 5.10 Å². The first-order valence-corrected chi connectivity index (χ1v) is 7.26. The molecule has 1 aliphatic rings. The van der Waals surface area contributed by atoms with E-state index in [1.807, 2.05) is 0 Å². The number of rotatable bonds is 2. The molecule has 1 fully saturated rings. The fraction of sp³-hybridized carbons (Fsp3) is 0.357. The van der Waals surface area contributed by atoms with Crippen LogP contribution in [0.3, 0.4) is 0 Å². The third-order valence-corrected chi connectivity index (χ3v) is 3.90. The fourth-order valence-corrected chi connectivity index (χ4v) is 2.81. The zero-order chi connectivity index (χ0) is 14.1. The van der Waals surface area contributed by atoms with Crippen LogP contribution in [0.15, 0.2) is 28.9 Å². The highest BCUT2D eigenvalue weighted by Crippen LogP contribution is 2.32. The van der Waals surface area contributed by atoms with Gasteiger partial charge in [-0.3, -0.25) is 0 Å². The van der Waals surface area contributed by atoms with Gasteiger partial charge in [0.15, 0.2) is 0 Å². The number of hydrogen-bond donors (Lipinski definition) is 0. The number of aromatic nitrogens is 2. The Hall–Kier alpha value is -1.27. The Kier molecular flexibility index (Phi) is 3.85. The predicted molar refractivity (Wildman–Crippen MR) is 74.1 cm³/mol. The largest absolute Gasteiger partial charge is 0.357 e. The van der Waals surface area contributed by atoms with Crippen LogP contribution in [0.2, 0.25) is 0 Å². The average molecular weight is 343 g/mol. The molecule has 2 heterocycles. The number of ether oxygens (including phenoxy) is 1. The van der Waals surface area contributed by atoms with Gasteiger partial charge in [-0.1, -0.05) is 0 Å². The molecule has 1 saturated heterocycles. The second-order valence-electron chi connectivity index (χ2n) is 4.75. The van der Waals surface area contributed by atoms with Crippen molar-refractivity contribution in [2.45, 2.75) is 25.5 Å². The molecule has 3 nitrogen and oxygen atoms in total. The van der Waals surface area contributed by atoms with Gasteiger partial charge in [-0.25, -0.2) is 13.5 Å². The molecule has 1 unspecified atom stereocenters. The molecule has 1 aromatic carbocycles. The quantitative estimate of drug-likeness (QED) is 0.813.